The molecule has 34 heavy (non-hydrogen) atoms. The van der Waals surface area contributed by atoms with Gasteiger partial charge in [0.1, 0.15) is 0 Å². The molecule has 0 atom stereocenters. The number of hydrogen-bond donors (Lipinski definition) is 0. The molecule has 0 fully saturated rings. The quantitative estimate of drug-likeness (QED) is 0.0914. The SMILES string of the molecule is CCCCCCCCCCOCCCCCCCCCCCCOCCCCCCCCCC. The number of unbranched alkanes of at least 4 members (excludes halogenated alkanes) is 23. The van der Waals surface area contributed by atoms with Crippen molar-refractivity contribution in [3.63, 3.8) is 0 Å². The van der Waals surface area contributed by atoms with Crippen molar-refractivity contribution in [3.8, 4) is 0 Å². The molecule has 0 rings (SSSR count). The molecule has 0 unspecified atom stereocenters. The second-order valence-electron chi connectivity index (χ2n) is 10.7. The number of rotatable bonds is 31. The van der Waals surface area contributed by atoms with E-state index in [1.807, 2.05) is 0 Å². The average Bonchev–Trinajstić information content (AvgIpc) is 2.85. The minimum Gasteiger partial charge on any atom is -0.381 e. The Morgan fingerprint density at radius 3 is 0.618 bits per heavy atom. The van der Waals surface area contributed by atoms with Crippen LogP contribution in [0.1, 0.15) is 181 Å². The van der Waals surface area contributed by atoms with Crippen LogP contribution in [-0.2, 0) is 9.47 Å². The molecule has 0 heterocycles. The molecule has 0 aliphatic heterocycles. The summed E-state index contributed by atoms with van der Waals surface area (Å²) in [6, 6.07) is 0. The van der Waals surface area contributed by atoms with Gasteiger partial charge in [-0.15, -0.1) is 0 Å². The van der Waals surface area contributed by atoms with Gasteiger partial charge >= 0.3 is 0 Å². The van der Waals surface area contributed by atoms with Gasteiger partial charge in [-0.05, 0) is 25.7 Å². The maximum atomic E-state index is 5.81. The van der Waals surface area contributed by atoms with E-state index < -0.39 is 0 Å². The second kappa shape index (κ2) is 32.9. The summed E-state index contributed by atoms with van der Waals surface area (Å²) in [5.41, 5.74) is 0. The Bertz CT molecular complexity index is 299. The van der Waals surface area contributed by atoms with Crippen LogP contribution in [0.3, 0.4) is 0 Å². The molecule has 2 heteroatoms. The van der Waals surface area contributed by atoms with E-state index in [1.165, 1.54) is 167 Å². The summed E-state index contributed by atoms with van der Waals surface area (Å²) in [4.78, 5) is 0. The zero-order chi connectivity index (χ0) is 24.6. The van der Waals surface area contributed by atoms with Gasteiger partial charge in [-0.25, -0.2) is 0 Å². The Labute approximate surface area is 216 Å². The van der Waals surface area contributed by atoms with Crippen LogP contribution >= 0.6 is 0 Å². The van der Waals surface area contributed by atoms with Gasteiger partial charge in [-0.2, -0.15) is 0 Å². The first-order chi connectivity index (χ1) is 16.9. The molecule has 2 nitrogen and oxygen atoms in total. The lowest BCUT2D eigenvalue weighted by atomic mass is 10.1. The lowest BCUT2D eigenvalue weighted by Crippen LogP contribution is -1.97. The van der Waals surface area contributed by atoms with Crippen LogP contribution in [0.5, 0.6) is 0 Å². The Hall–Kier alpha value is -0.0800. The van der Waals surface area contributed by atoms with Crippen molar-refractivity contribution in [1.82, 2.24) is 0 Å². The van der Waals surface area contributed by atoms with Crippen molar-refractivity contribution in [1.29, 1.82) is 0 Å². The summed E-state index contributed by atoms with van der Waals surface area (Å²) in [5.74, 6) is 0. The third-order valence-electron chi connectivity index (χ3n) is 7.11. The highest BCUT2D eigenvalue weighted by molar-refractivity contribution is 4.50. The molecular weight excluding hydrogens is 416 g/mol. The minimum atomic E-state index is 0.984. The summed E-state index contributed by atoms with van der Waals surface area (Å²) in [5, 5.41) is 0. The highest BCUT2D eigenvalue weighted by Crippen LogP contribution is 2.12. The summed E-state index contributed by atoms with van der Waals surface area (Å²) >= 11 is 0. The highest BCUT2D eigenvalue weighted by atomic mass is 16.5. The molecule has 0 aromatic rings. The van der Waals surface area contributed by atoms with Crippen molar-refractivity contribution >= 4 is 0 Å². The van der Waals surface area contributed by atoms with E-state index in [2.05, 4.69) is 13.8 Å². The molecule has 0 radical (unpaired) electrons. The molecule has 0 N–H and O–H groups in total. The van der Waals surface area contributed by atoms with Crippen LogP contribution in [0.4, 0.5) is 0 Å². The van der Waals surface area contributed by atoms with Gasteiger partial charge in [-0.3, -0.25) is 0 Å². The zero-order valence-corrected chi connectivity index (χ0v) is 24.0. The highest BCUT2D eigenvalue weighted by Gasteiger charge is 1.96. The molecule has 0 spiro atoms. The molecule has 206 valence electrons. The summed E-state index contributed by atoms with van der Waals surface area (Å²) in [7, 11) is 0. The number of hydrogen-bond acceptors (Lipinski definition) is 2. The minimum absolute atomic E-state index is 0.984. The Morgan fingerprint density at radius 2 is 0.412 bits per heavy atom. The molecule has 0 bridgehead atoms. The first-order valence-electron chi connectivity index (χ1n) is 16.1. The third kappa shape index (κ3) is 31.9. The normalized spacial score (nSPS) is 11.5. The standard InChI is InChI=1S/C32H66O2/c1-3-5-7-9-11-17-21-25-29-33-31-27-23-19-15-13-14-16-20-24-28-32-34-30-26-22-18-12-10-8-6-4-2/h3-32H2,1-2H3. The van der Waals surface area contributed by atoms with Crippen LogP contribution in [0.25, 0.3) is 0 Å². The largest absolute Gasteiger partial charge is 0.381 e. The van der Waals surface area contributed by atoms with Crippen LogP contribution in [0, 0.1) is 0 Å². The molecule has 0 aromatic heterocycles. The first-order valence-corrected chi connectivity index (χ1v) is 16.1. The second-order valence-corrected chi connectivity index (χ2v) is 10.7. The fourth-order valence-electron chi connectivity index (χ4n) is 4.70. The van der Waals surface area contributed by atoms with Gasteiger partial charge in [0.15, 0.2) is 0 Å². The average molecular weight is 483 g/mol. The van der Waals surface area contributed by atoms with Gasteiger partial charge in [0.25, 0.3) is 0 Å². The van der Waals surface area contributed by atoms with Crippen molar-refractivity contribution in [2.75, 3.05) is 26.4 Å². The van der Waals surface area contributed by atoms with Crippen LogP contribution < -0.4 is 0 Å². The zero-order valence-electron chi connectivity index (χ0n) is 24.0. The summed E-state index contributed by atoms with van der Waals surface area (Å²) in [6.07, 6.45) is 35.9. The van der Waals surface area contributed by atoms with E-state index in [1.54, 1.807) is 0 Å². The van der Waals surface area contributed by atoms with Crippen LogP contribution in [-0.4, -0.2) is 26.4 Å². The molecule has 0 aliphatic carbocycles. The van der Waals surface area contributed by atoms with E-state index in [9.17, 15) is 0 Å². The van der Waals surface area contributed by atoms with Gasteiger partial charge in [-0.1, -0.05) is 155 Å². The molecule has 0 amide bonds. The van der Waals surface area contributed by atoms with Crippen molar-refractivity contribution in [2.24, 2.45) is 0 Å². The predicted octanol–water partition coefficient (Wildman–Crippen LogP) is 11.2. The fourth-order valence-corrected chi connectivity index (χ4v) is 4.70. The Balaban J connectivity index is 2.99. The maximum Gasteiger partial charge on any atom is 0.0466 e. The topological polar surface area (TPSA) is 18.5 Å². The van der Waals surface area contributed by atoms with Crippen molar-refractivity contribution in [2.45, 2.75) is 181 Å². The Morgan fingerprint density at radius 1 is 0.235 bits per heavy atom. The van der Waals surface area contributed by atoms with Gasteiger partial charge < -0.3 is 9.47 Å². The summed E-state index contributed by atoms with van der Waals surface area (Å²) in [6.45, 7) is 8.51. The molecule has 0 aliphatic rings. The van der Waals surface area contributed by atoms with E-state index in [-0.39, 0.29) is 0 Å². The Kier molecular flexibility index (Phi) is 32.8. The van der Waals surface area contributed by atoms with Crippen molar-refractivity contribution < 1.29 is 9.47 Å². The lowest BCUT2D eigenvalue weighted by molar-refractivity contribution is 0.125. The first kappa shape index (κ1) is 33.9. The smallest absolute Gasteiger partial charge is 0.0466 e. The van der Waals surface area contributed by atoms with Crippen molar-refractivity contribution in [3.05, 3.63) is 0 Å². The van der Waals surface area contributed by atoms with Crippen LogP contribution in [0.15, 0.2) is 0 Å². The van der Waals surface area contributed by atoms with Gasteiger partial charge in [0.2, 0.25) is 0 Å². The maximum absolute atomic E-state index is 5.81. The van der Waals surface area contributed by atoms with E-state index in [0.29, 0.717) is 0 Å². The molecule has 0 aromatic carbocycles. The molecular formula is C32H66O2. The monoisotopic (exact) mass is 483 g/mol. The third-order valence-corrected chi connectivity index (χ3v) is 7.11. The van der Waals surface area contributed by atoms with E-state index in [0.717, 1.165) is 26.4 Å². The van der Waals surface area contributed by atoms with Gasteiger partial charge in [0, 0.05) is 26.4 Å². The predicted molar refractivity (Wildman–Crippen MR) is 153 cm³/mol. The van der Waals surface area contributed by atoms with Gasteiger partial charge in [0.05, 0.1) is 0 Å². The lowest BCUT2D eigenvalue weighted by Gasteiger charge is -2.06. The fraction of sp³-hybridized carbons (Fsp3) is 1.00. The van der Waals surface area contributed by atoms with E-state index >= 15 is 0 Å². The number of ether oxygens (including phenoxy) is 2. The molecule has 0 saturated heterocycles. The summed E-state index contributed by atoms with van der Waals surface area (Å²) < 4.78 is 11.6. The van der Waals surface area contributed by atoms with Crippen LogP contribution in [0.2, 0.25) is 0 Å². The van der Waals surface area contributed by atoms with E-state index in [4.69, 9.17) is 9.47 Å². The molecule has 0 saturated carbocycles.